The smallest absolute Gasteiger partial charge is 0.260 e. The average molecular weight is 468 g/mol. The number of benzene rings is 1. The lowest BCUT2D eigenvalue weighted by Crippen LogP contribution is -2.59. The summed E-state index contributed by atoms with van der Waals surface area (Å²) in [6, 6.07) is 5.65. The Morgan fingerprint density at radius 3 is 2.76 bits per heavy atom. The molecular weight excluding hydrogens is 437 g/mol. The molecule has 1 aromatic carbocycles. The highest BCUT2D eigenvalue weighted by molar-refractivity contribution is 6.20. The Labute approximate surface area is 198 Å². The maximum atomic E-state index is 13.4. The Balaban J connectivity index is 1.34. The number of carbonyl (C=O) groups excluding carboxylic acids is 2. The molecule has 34 heavy (non-hydrogen) atoms. The molecule has 0 bridgehead atoms. The number of aliphatic imine (C=N–C) groups is 1. The maximum absolute atomic E-state index is 13.4. The topological polar surface area (TPSA) is 86.3 Å². The van der Waals surface area contributed by atoms with Crippen LogP contribution in [0.25, 0.3) is 0 Å². The minimum Gasteiger partial charge on any atom is -0.493 e. The Morgan fingerprint density at radius 1 is 1.24 bits per heavy atom. The van der Waals surface area contributed by atoms with E-state index < -0.39 is 0 Å². The standard InChI is InChI=1S/C25H30FN5O3/c1-16-20(24(32)28-8-11-30-9-6-27-7-10-30)25(33)31-12-13-34-23-18(15-29-21(16)22(23)31)14-17-2-4-19(26)5-3-17/h2-5,15,21-22,27H,6-14H2,1H3,(H,28,32). The monoisotopic (exact) mass is 467 g/mol. The van der Waals surface area contributed by atoms with Gasteiger partial charge < -0.3 is 20.3 Å². The van der Waals surface area contributed by atoms with Crippen molar-refractivity contribution in [3.05, 3.63) is 58.1 Å². The van der Waals surface area contributed by atoms with E-state index in [2.05, 4.69) is 15.5 Å². The van der Waals surface area contributed by atoms with Crippen LogP contribution < -0.4 is 10.6 Å². The van der Waals surface area contributed by atoms with E-state index in [1.807, 2.05) is 6.92 Å². The van der Waals surface area contributed by atoms with Crippen molar-refractivity contribution in [3.63, 3.8) is 0 Å². The predicted octanol–water partition coefficient (Wildman–Crippen LogP) is 0.654. The molecule has 2 fully saturated rings. The quantitative estimate of drug-likeness (QED) is 0.601. The van der Waals surface area contributed by atoms with Crippen molar-refractivity contribution in [1.82, 2.24) is 20.4 Å². The van der Waals surface area contributed by atoms with Crippen LogP contribution in [0.1, 0.15) is 12.5 Å². The van der Waals surface area contributed by atoms with E-state index in [1.54, 1.807) is 23.2 Å². The summed E-state index contributed by atoms with van der Waals surface area (Å²) in [5, 5.41) is 6.26. The van der Waals surface area contributed by atoms with E-state index in [-0.39, 0.29) is 35.3 Å². The van der Waals surface area contributed by atoms with Crippen LogP contribution in [0.2, 0.25) is 0 Å². The van der Waals surface area contributed by atoms with Crippen LogP contribution in [-0.2, 0) is 20.7 Å². The second-order valence-electron chi connectivity index (χ2n) is 9.11. The van der Waals surface area contributed by atoms with Crippen molar-refractivity contribution in [1.29, 1.82) is 0 Å². The van der Waals surface area contributed by atoms with Gasteiger partial charge in [0.05, 0.1) is 12.6 Å². The molecule has 4 aliphatic rings. The first-order valence-electron chi connectivity index (χ1n) is 11.9. The first-order chi connectivity index (χ1) is 16.5. The molecule has 180 valence electrons. The Hall–Kier alpha value is -3.04. The second-order valence-corrected chi connectivity index (χ2v) is 9.11. The largest absolute Gasteiger partial charge is 0.493 e. The first-order valence-corrected chi connectivity index (χ1v) is 11.9. The minimum absolute atomic E-state index is 0.196. The molecule has 9 heteroatoms. The number of amides is 2. The van der Waals surface area contributed by atoms with Crippen molar-refractivity contribution in [2.45, 2.75) is 25.4 Å². The van der Waals surface area contributed by atoms with Crippen LogP contribution >= 0.6 is 0 Å². The van der Waals surface area contributed by atoms with Gasteiger partial charge >= 0.3 is 0 Å². The van der Waals surface area contributed by atoms with Crippen molar-refractivity contribution >= 4 is 18.0 Å². The Kier molecular flexibility index (Phi) is 6.47. The summed E-state index contributed by atoms with van der Waals surface area (Å²) in [5.41, 5.74) is 2.68. The molecule has 0 spiro atoms. The van der Waals surface area contributed by atoms with Crippen LogP contribution in [0.15, 0.2) is 51.7 Å². The summed E-state index contributed by atoms with van der Waals surface area (Å²) >= 11 is 0. The third-order valence-electron chi connectivity index (χ3n) is 6.97. The third-order valence-corrected chi connectivity index (χ3v) is 6.97. The highest BCUT2D eigenvalue weighted by Gasteiger charge is 2.48. The zero-order valence-corrected chi connectivity index (χ0v) is 19.3. The number of rotatable bonds is 6. The normalized spacial score (nSPS) is 24.8. The highest BCUT2D eigenvalue weighted by Crippen LogP contribution is 2.37. The number of dihydropyridines is 1. The molecule has 0 radical (unpaired) electrons. The minimum atomic E-state index is -0.348. The molecule has 8 nitrogen and oxygen atoms in total. The zero-order chi connectivity index (χ0) is 23.7. The summed E-state index contributed by atoms with van der Waals surface area (Å²) in [7, 11) is 0. The molecule has 4 aliphatic heterocycles. The third kappa shape index (κ3) is 4.37. The molecule has 0 aliphatic carbocycles. The van der Waals surface area contributed by atoms with E-state index in [4.69, 9.17) is 9.73 Å². The van der Waals surface area contributed by atoms with Crippen molar-refractivity contribution in [2.75, 3.05) is 52.4 Å². The number of nitrogens with one attached hydrogen (secondary N) is 2. The molecule has 0 aromatic heterocycles. The van der Waals surface area contributed by atoms with Gasteiger partial charge in [-0.15, -0.1) is 0 Å². The van der Waals surface area contributed by atoms with Gasteiger partial charge in [-0.25, -0.2) is 4.39 Å². The molecular formula is C25H30FN5O3. The lowest BCUT2D eigenvalue weighted by molar-refractivity contribution is -0.136. The number of piperazine rings is 1. The van der Waals surface area contributed by atoms with E-state index in [1.165, 1.54) is 12.1 Å². The molecule has 4 heterocycles. The van der Waals surface area contributed by atoms with Gasteiger partial charge in [0, 0.05) is 57.5 Å². The number of halogens is 1. The van der Waals surface area contributed by atoms with Gasteiger partial charge in [0.25, 0.3) is 11.8 Å². The summed E-state index contributed by atoms with van der Waals surface area (Å²) in [5.74, 6) is -0.157. The Bertz CT molecular complexity index is 1060. The predicted molar refractivity (Wildman–Crippen MR) is 126 cm³/mol. The SMILES string of the molecule is CC1=C(C(=O)NCCN2CCNCC2)C(=O)N2CCOC3=C(Cc4ccc(F)cc4)C=NC1C32. The number of nitrogens with zero attached hydrogens (tertiary/aromatic N) is 3. The maximum Gasteiger partial charge on any atom is 0.260 e. The van der Waals surface area contributed by atoms with Gasteiger partial charge in [-0.3, -0.25) is 19.5 Å². The summed E-state index contributed by atoms with van der Waals surface area (Å²) < 4.78 is 19.3. The van der Waals surface area contributed by atoms with E-state index in [9.17, 15) is 14.0 Å². The Morgan fingerprint density at radius 2 is 2.00 bits per heavy atom. The van der Waals surface area contributed by atoms with E-state index in [0.717, 1.165) is 49.6 Å². The zero-order valence-electron chi connectivity index (χ0n) is 19.3. The number of ether oxygens (including phenoxy) is 1. The first kappa shape index (κ1) is 22.7. The molecule has 5 rings (SSSR count). The van der Waals surface area contributed by atoms with E-state index in [0.29, 0.717) is 31.7 Å². The van der Waals surface area contributed by atoms with Gasteiger partial charge in [0.15, 0.2) is 0 Å². The van der Waals surface area contributed by atoms with Crippen molar-refractivity contribution in [2.24, 2.45) is 4.99 Å². The molecule has 0 saturated carbocycles. The molecule has 1 aromatic rings. The molecule has 2 unspecified atom stereocenters. The van der Waals surface area contributed by atoms with Gasteiger partial charge in [0.1, 0.15) is 29.8 Å². The highest BCUT2D eigenvalue weighted by atomic mass is 19.1. The average Bonchev–Trinajstić information content (AvgIpc) is 2.85. The fraction of sp³-hybridized carbons (Fsp3) is 0.480. The lowest BCUT2D eigenvalue weighted by atomic mass is 9.84. The van der Waals surface area contributed by atoms with Gasteiger partial charge in [-0.05, 0) is 30.2 Å². The summed E-state index contributed by atoms with van der Waals surface area (Å²) in [6.45, 7) is 7.67. The number of morpholine rings is 1. The van der Waals surface area contributed by atoms with Gasteiger partial charge in [0.2, 0.25) is 0 Å². The fourth-order valence-corrected chi connectivity index (χ4v) is 5.15. The molecule has 2 N–H and O–H groups in total. The van der Waals surface area contributed by atoms with E-state index >= 15 is 0 Å². The van der Waals surface area contributed by atoms with Crippen LogP contribution in [0, 0.1) is 5.82 Å². The summed E-state index contributed by atoms with van der Waals surface area (Å²) in [6.07, 6.45) is 2.31. The van der Waals surface area contributed by atoms with Crippen molar-refractivity contribution < 1.29 is 18.7 Å². The number of hydrogen-bond donors (Lipinski definition) is 2. The fourth-order valence-electron chi connectivity index (χ4n) is 5.15. The van der Waals surface area contributed by atoms with Gasteiger partial charge in [-0.2, -0.15) is 0 Å². The van der Waals surface area contributed by atoms with Crippen LogP contribution in [0.5, 0.6) is 0 Å². The lowest BCUT2D eigenvalue weighted by Gasteiger charge is -2.46. The van der Waals surface area contributed by atoms with Gasteiger partial charge in [-0.1, -0.05) is 12.1 Å². The number of allylic oxidation sites excluding steroid dienone is 1. The molecule has 2 amide bonds. The van der Waals surface area contributed by atoms with Crippen LogP contribution in [-0.4, -0.2) is 92.3 Å². The number of carbonyl (C=O) groups is 2. The second kappa shape index (κ2) is 9.68. The molecule has 2 atom stereocenters. The van der Waals surface area contributed by atoms with Crippen LogP contribution in [0.4, 0.5) is 4.39 Å². The van der Waals surface area contributed by atoms with Crippen LogP contribution in [0.3, 0.4) is 0 Å². The summed E-state index contributed by atoms with van der Waals surface area (Å²) in [4.78, 5) is 35.3. The van der Waals surface area contributed by atoms with Crippen molar-refractivity contribution in [3.8, 4) is 0 Å². The number of hydrogen-bond acceptors (Lipinski definition) is 6. The molecule has 2 saturated heterocycles.